The van der Waals surface area contributed by atoms with E-state index in [4.69, 9.17) is 0 Å². The fourth-order valence-electron chi connectivity index (χ4n) is 1.88. The fourth-order valence-corrected chi connectivity index (χ4v) is 1.88. The van der Waals surface area contributed by atoms with Crippen molar-refractivity contribution in [2.45, 2.75) is 37.9 Å². The summed E-state index contributed by atoms with van der Waals surface area (Å²) in [5.74, 6) is 0. The summed E-state index contributed by atoms with van der Waals surface area (Å²) >= 11 is 0. The van der Waals surface area contributed by atoms with Gasteiger partial charge in [-0.15, -0.1) is 0 Å². The van der Waals surface area contributed by atoms with Crippen molar-refractivity contribution < 1.29 is 0 Å². The van der Waals surface area contributed by atoms with Crippen LogP contribution < -0.4 is 10.6 Å². The minimum Gasteiger partial charge on any atom is -0.311 e. The summed E-state index contributed by atoms with van der Waals surface area (Å²) in [4.78, 5) is 0. The number of hydrogen-bond donors (Lipinski definition) is 2. The number of hydrogen-bond acceptors (Lipinski definition) is 2. The van der Waals surface area contributed by atoms with Crippen molar-refractivity contribution in [2.75, 3.05) is 6.54 Å². The van der Waals surface area contributed by atoms with E-state index >= 15 is 0 Å². The zero-order valence-corrected chi connectivity index (χ0v) is 5.85. The van der Waals surface area contributed by atoms with E-state index in [1.165, 1.54) is 19.4 Å². The predicted octanol–water partition coefficient (Wildman–Crippen LogP) is 0.0987. The lowest BCUT2D eigenvalue weighted by molar-refractivity contribution is 0.348. The lowest BCUT2D eigenvalue weighted by Crippen LogP contribution is -2.54. The van der Waals surface area contributed by atoms with Gasteiger partial charge in [0.15, 0.2) is 0 Å². The smallest absolute Gasteiger partial charge is 0.0222 e. The quantitative estimate of drug-likeness (QED) is 0.481. The Morgan fingerprint density at radius 2 is 2.22 bits per heavy atom. The van der Waals surface area contributed by atoms with E-state index in [-0.39, 0.29) is 0 Å². The second-order valence-electron chi connectivity index (χ2n) is 3.24. The molecule has 2 fully saturated rings. The van der Waals surface area contributed by atoms with Crippen LogP contribution in [0.4, 0.5) is 0 Å². The van der Waals surface area contributed by atoms with Gasteiger partial charge in [-0.25, -0.2) is 0 Å². The van der Waals surface area contributed by atoms with Crippen molar-refractivity contribution in [2.24, 2.45) is 0 Å². The van der Waals surface area contributed by atoms with Gasteiger partial charge in [-0.05, 0) is 19.8 Å². The summed E-state index contributed by atoms with van der Waals surface area (Å²) in [6, 6.07) is 2.25. The average Bonchev–Trinajstić information content (AvgIpc) is 2.25. The lowest BCUT2D eigenvalue weighted by Gasteiger charge is -2.28. The molecule has 0 aromatic heterocycles. The predicted molar refractivity (Wildman–Crippen MR) is 37.4 cm³/mol. The van der Waals surface area contributed by atoms with Crippen LogP contribution in [-0.4, -0.2) is 24.7 Å². The lowest BCUT2D eigenvalue weighted by atomic mass is 10.1. The molecule has 0 amide bonds. The molecule has 0 radical (unpaired) electrons. The highest BCUT2D eigenvalue weighted by atomic mass is 15.1. The molecule has 2 aliphatic rings. The molecular weight excluding hydrogens is 112 g/mol. The summed E-state index contributed by atoms with van der Waals surface area (Å²) < 4.78 is 0. The highest BCUT2D eigenvalue weighted by Gasteiger charge is 2.31. The van der Waals surface area contributed by atoms with Crippen LogP contribution in [-0.2, 0) is 0 Å². The number of rotatable bonds is 0. The highest BCUT2D eigenvalue weighted by molar-refractivity contribution is 4.95. The van der Waals surface area contributed by atoms with Crippen LogP contribution in [0.15, 0.2) is 0 Å². The van der Waals surface area contributed by atoms with E-state index in [9.17, 15) is 0 Å². The summed E-state index contributed by atoms with van der Waals surface area (Å²) in [5.41, 5.74) is 0. The fraction of sp³-hybridized carbons (Fsp3) is 1.00. The van der Waals surface area contributed by atoms with Crippen LogP contribution in [0.2, 0.25) is 0 Å². The molecule has 0 aliphatic carbocycles. The van der Waals surface area contributed by atoms with Gasteiger partial charge in [0, 0.05) is 24.7 Å². The van der Waals surface area contributed by atoms with E-state index < -0.39 is 0 Å². The number of piperazine rings is 1. The van der Waals surface area contributed by atoms with E-state index in [0.29, 0.717) is 6.04 Å². The Kier molecular flexibility index (Phi) is 1.24. The molecule has 2 nitrogen and oxygen atoms in total. The first-order valence-corrected chi connectivity index (χ1v) is 3.86. The van der Waals surface area contributed by atoms with Gasteiger partial charge in [-0.3, -0.25) is 0 Å². The SMILES string of the molecule is CC1NCC2CCC1N2. The summed E-state index contributed by atoms with van der Waals surface area (Å²) in [5, 5.41) is 7.06. The molecule has 0 saturated carbocycles. The average molecular weight is 126 g/mol. The van der Waals surface area contributed by atoms with E-state index in [1.807, 2.05) is 0 Å². The van der Waals surface area contributed by atoms with Gasteiger partial charge in [0.2, 0.25) is 0 Å². The van der Waals surface area contributed by atoms with Crippen molar-refractivity contribution in [1.82, 2.24) is 10.6 Å². The number of nitrogens with one attached hydrogen (secondary N) is 2. The van der Waals surface area contributed by atoms with Gasteiger partial charge in [-0.2, -0.15) is 0 Å². The zero-order valence-electron chi connectivity index (χ0n) is 5.85. The monoisotopic (exact) mass is 126 g/mol. The third-order valence-electron chi connectivity index (χ3n) is 2.57. The second-order valence-corrected chi connectivity index (χ2v) is 3.24. The van der Waals surface area contributed by atoms with Crippen molar-refractivity contribution >= 4 is 0 Å². The Morgan fingerprint density at radius 3 is 3.00 bits per heavy atom. The Hall–Kier alpha value is -0.0800. The van der Waals surface area contributed by atoms with E-state index in [0.717, 1.165) is 12.1 Å². The molecule has 0 aromatic carbocycles. The normalized spacial score (nSPS) is 49.7. The Bertz CT molecular complexity index is 113. The van der Waals surface area contributed by atoms with Gasteiger partial charge in [0.25, 0.3) is 0 Å². The van der Waals surface area contributed by atoms with Crippen LogP contribution in [0.5, 0.6) is 0 Å². The van der Waals surface area contributed by atoms with Crippen molar-refractivity contribution in [3.63, 3.8) is 0 Å². The number of fused-ring (bicyclic) bond motifs is 2. The standard InChI is InChI=1S/C7H14N2/c1-5-7-3-2-6(9-7)4-8-5/h5-9H,2-4H2,1H3. The largest absolute Gasteiger partial charge is 0.311 e. The molecule has 52 valence electrons. The maximum Gasteiger partial charge on any atom is 0.0222 e. The highest BCUT2D eigenvalue weighted by Crippen LogP contribution is 2.18. The molecule has 9 heavy (non-hydrogen) atoms. The van der Waals surface area contributed by atoms with Crippen LogP contribution in [0, 0.1) is 0 Å². The molecular formula is C7H14N2. The van der Waals surface area contributed by atoms with Crippen LogP contribution in [0.25, 0.3) is 0 Å². The van der Waals surface area contributed by atoms with E-state index in [1.54, 1.807) is 0 Å². The minimum atomic E-state index is 0.698. The molecule has 2 N–H and O–H groups in total. The molecule has 2 heterocycles. The molecule has 2 bridgehead atoms. The maximum absolute atomic E-state index is 3.58. The summed E-state index contributed by atoms with van der Waals surface area (Å²) in [6.07, 6.45) is 2.75. The minimum absolute atomic E-state index is 0.698. The van der Waals surface area contributed by atoms with Crippen molar-refractivity contribution in [3.05, 3.63) is 0 Å². The summed E-state index contributed by atoms with van der Waals surface area (Å²) in [6.45, 7) is 3.44. The Labute approximate surface area is 56.0 Å². The van der Waals surface area contributed by atoms with Crippen LogP contribution in [0.1, 0.15) is 19.8 Å². The molecule has 3 unspecified atom stereocenters. The topological polar surface area (TPSA) is 24.1 Å². The molecule has 0 aromatic rings. The van der Waals surface area contributed by atoms with Crippen LogP contribution >= 0.6 is 0 Å². The van der Waals surface area contributed by atoms with Gasteiger partial charge in [0.05, 0.1) is 0 Å². The first kappa shape index (κ1) is 5.69. The van der Waals surface area contributed by atoms with Crippen LogP contribution in [0.3, 0.4) is 0 Å². The maximum atomic E-state index is 3.58. The second kappa shape index (κ2) is 1.96. The molecule has 2 heteroatoms. The first-order valence-electron chi connectivity index (χ1n) is 3.86. The van der Waals surface area contributed by atoms with Gasteiger partial charge in [-0.1, -0.05) is 0 Å². The van der Waals surface area contributed by atoms with E-state index in [2.05, 4.69) is 17.6 Å². The van der Waals surface area contributed by atoms with Gasteiger partial charge < -0.3 is 10.6 Å². The third kappa shape index (κ3) is 0.864. The third-order valence-corrected chi connectivity index (χ3v) is 2.57. The molecule has 2 aliphatic heterocycles. The van der Waals surface area contributed by atoms with Gasteiger partial charge in [0.1, 0.15) is 0 Å². The summed E-state index contributed by atoms with van der Waals surface area (Å²) in [7, 11) is 0. The Balaban J connectivity index is 2.05. The zero-order chi connectivity index (χ0) is 6.27. The van der Waals surface area contributed by atoms with Crippen molar-refractivity contribution in [3.8, 4) is 0 Å². The van der Waals surface area contributed by atoms with Crippen molar-refractivity contribution in [1.29, 1.82) is 0 Å². The molecule has 0 spiro atoms. The van der Waals surface area contributed by atoms with Gasteiger partial charge >= 0.3 is 0 Å². The Morgan fingerprint density at radius 1 is 1.33 bits per heavy atom. The molecule has 3 atom stereocenters. The first-order chi connectivity index (χ1) is 4.36. The molecule has 2 rings (SSSR count). The molecule has 2 saturated heterocycles.